The Hall–Kier alpha value is -3.02. The molecule has 0 aromatic heterocycles. The van der Waals surface area contributed by atoms with E-state index in [0.717, 1.165) is 11.9 Å². The summed E-state index contributed by atoms with van der Waals surface area (Å²) in [7, 11) is 0. The first kappa shape index (κ1) is 13.4. The van der Waals surface area contributed by atoms with Crippen molar-refractivity contribution in [2.24, 2.45) is 20.5 Å². The highest BCUT2D eigenvalue weighted by atomic mass is 16.4. The zero-order valence-electron chi connectivity index (χ0n) is 10.6. The first-order valence-corrected chi connectivity index (χ1v) is 5.91. The molecule has 6 nitrogen and oxygen atoms in total. The SMILES string of the molecule is O/N=C/C(N=Nc1ccccc1)=N\Nc1ccccc1. The molecule has 0 saturated heterocycles. The fourth-order valence-electron chi connectivity index (χ4n) is 1.37. The first-order valence-electron chi connectivity index (χ1n) is 5.91. The lowest BCUT2D eigenvalue weighted by Crippen LogP contribution is -2.00. The zero-order chi connectivity index (χ0) is 14.0. The predicted octanol–water partition coefficient (Wildman–Crippen LogP) is 3.66. The predicted molar refractivity (Wildman–Crippen MR) is 78.7 cm³/mol. The van der Waals surface area contributed by atoms with Gasteiger partial charge in [0.2, 0.25) is 5.84 Å². The molecule has 100 valence electrons. The van der Waals surface area contributed by atoms with Gasteiger partial charge in [0, 0.05) is 0 Å². The van der Waals surface area contributed by atoms with E-state index in [1.165, 1.54) is 0 Å². The lowest BCUT2D eigenvalue weighted by atomic mass is 10.3. The van der Waals surface area contributed by atoms with E-state index in [0.29, 0.717) is 5.69 Å². The van der Waals surface area contributed by atoms with Crippen LogP contribution in [0.2, 0.25) is 0 Å². The number of benzene rings is 2. The number of rotatable bonds is 4. The van der Waals surface area contributed by atoms with Crippen molar-refractivity contribution in [3.05, 3.63) is 60.7 Å². The molecular weight excluding hydrogens is 254 g/mol. The quantitative estimate of drug-likeness (QED) is 0.291. The third-order valence-electron chi connectivity index (χ3n) is 2.27. The highest BCUT2D eigenvalue weighted by Crippen LogP contribution is 2.10. The molecule has 6 heteroatoms. The van der Waals surface area contributed by atoms with E-state index >= 15 is 0 Å². The highest BCUT2D eigenvalue weighted by molar-refractivity contribution is 6.29. The number of para-hydroxylation sites is 1. The monoisotopic (exact) mass is 267 g/mol. The average molecular weight is 267 g/mol. The molecule has 2 aromatic rings. The number of amidine groups is 1. The van der Waals surface area contributed by atoms with Crippen molar-refractivity contribution in [1.29, 1.82) is 0 Å². The second-order valence-corrected chi connectivity index (χ2v) is 3.73. The molecule has 0 unspecified atom stereocenters. The standard InChI is InChI=1S/C14H13N5O/c20-15-11-14(18-16-12-7-3-1-4-8-12)19-17-13-9-5-2-6-10-13/h1-11,16,20H/b15-11+,18-14+,19-17?. The topological polar surface area (TPSA) is 81.7 Å². The molecule has 0 aliphatic carbocycles. The minimum absolute atomic E-state index is 0.153. The minimum atomic E-state index is 0.153. The molecule has 2 aromatic carbocycles. The Morgan fingerprint density at radius 2 is 1.60 bits per heavy atom. The van der Waals surface area contributed by atoms with Gasteiger partial charge in [0.1, 0.15) is 6.21 Å². The summed E-state index contributed by atoms with van der Waals surface area (Å²) in [6.45, 7) is 0. The summed E-state index contributed by atoms with van der Waals surface area (Å²) < 4.78 is 0. The lowest BCUT2D eigenvalue weighted by Gasteiger charge is -1.98. The van der Waals surface area contributed by atoms with Gasteiger partial charge in [0.15, 0.2) is 0 Å². The van der Waals surface area contributed by atoms with Gasteiger partial charge < -0.3 is 5.21 Å². The van der Waals surface area contributed by atoms with Crippen LogP contribution in [0.15, 0.2) is 81.1 Å². The number of nitrogens with zero attached hydrogens (tertiary/aromatic N) is 4. The molecule has 0 radical (unpaired) electrons. The van der Waals surface area contributed by atoms with Gasteiger partial charge in [0.05, 0.1) is 11.4 Å². The summed E-state index contributed by atoms with van der Waals surface area (Å²) in [6, 6.07) is 18.6. The van der Waals surface area contributed by atoms with Crippen LogP contribution in [-0.4, -0.2) is 17.3 Å². The average Bonchev–Trinajstić information content (AvgIpc) is 2.52. The van der Waals surface area contributed by atoms with Crippen molar-refractivity contribution in [3.8, 4) is 0 Å². The Balaban J connectivity index is 2.09. The van der Waals surface area contributed by atoms with E-state index in [-0.39, 0.29) is 5.84 Å². The summed E-state index contributed by atoms with van der Waals surface area (Å²) >= 11 is 0. The van der Waals surface area contributed by atoms with Crippen molar-refractivity contribution in [2.45, 2.75) is 0 Å². The summed E-state index contributed by atoms with van der Waals surface area (Å²) in [5.41, 5.74) is 4.28. The highest BCUT2D eigenvalue weighted by Gasteiger charge is 1.94. The van der Waals surface area contributed by atoms with Crippen LogP contribution in [0.4, 0.5) is 11.4 Å². The third-order valence-corrected chi connectivity index (χ3v) is 2.27. The summed E-state index contributed by atoms with van der Waals surface area (Å²) in [4.78, 5) is 0. The van der Waals surface area contributed by atoms with Gasteiger partial charge in [0.25, 0.3) is 0 Å². The van der Waals surface area contributed by atoms with E-state index in [2.05, 4.69) is 25.9 Å². The smallest absolute Gasteiger partial charge is 0.215 e. The van der Waals surface area contributed by atoms with E-state index in [1.807, 2.05) is 60.7 Å². The van der Waals surface area contributed by atoms with Crippen LogP contribution in [0.3, 0.4) is 0 Å². The van der Waals surface area contributed by atoms with Crippen LogP contribution >= 0.6 is 0 Å². The molecule has 0 spiro atoms. The second kappa shape index (κ2) is 7.42. The maximum absolute atomic E-state index is 8.59. The Labute approximate surface area is 116 Å². The van der Waals surface area contributed by atoms with Crippen LogP contribution in [0.1, 0.15) is 0 Å². The number of hydrogen-bond acceptors (Lipinski definition) is 5. The first-order chi connectivity index (χ1) is 9.88. The number of oxime groups is 1. The van der Waals surface area contributed by atoms with Crippen molar-refractivity contribution in [2.75, 3.05) is 5.43 Å². The van der Waals surface area contributed by atoms with Gasteiger partial charge >= 0.3 is 0 Å². The third kappa shape index (κ3) is 4.34. The molecule has 0 amide bonds. The van der Waals surface area contributed by atoms with Gasteiger partial charge in [-0.15, -0.1) is 10.2 Å². The van der Waals surface area contributed by atoms with Gasteiger partial charge in [-0.05, 0) is 24.3 Å². The number of nitrogens with one attached hydrogen (secondary N) is 1. The van der Waals surface area contributed by atoms with Crippen LogP contribution < -0.4 is 5.43 Å². The molecule has 0 heterocycles. The van der Waals surface area contributed by atoms with Gasteiger partial charge in [-0.1, -0.05) is 41.6 Å². The fraction of sp³-hybridized carbons (Fsp3) is 0. The number of hydrogen-bond donors (Lipinski definition) is 2. The van der Waals surface area contributed by atoms with Crippen LogP contribution in [0, 0.1) is 0 Å². The maximum atomic E-state index is 8.59. The van der Waals surface area contributed by atoms with Crippen molar-refractivity contribution in [3.63, 3.8) is 0 Å². The number of anilines is 1. The van der Waals surface area contributed by atoms with Crippen molar-refractivity contribution in [1.82, 2.24) is 0 Å². The fourth-order valence-corrected chi connectivity index (χ4v) is 1.37. The Morgan fingerprint density at radius 1 is 0.950 bits per heavy atom. The van der Waals surface area contributed by atoms with Crippen LogP contribution in [0.25, 0.3) is 0 Å². The summed E-state index contributed by atoms with van der Waals surface area (Å²) in [5, 5.41) is 23.4. The molecule has 2 N–H and O–H groups in total. The molecular formula is C14H13N5O. The van der Waals surface area contributed by atoms with Gasteiger partial charge in [-0.3, -0.25) is 5.43 Å². The zero-order valence-corrected chi connectivity index (χ0v) is 10.6. The molecule has 0 atom stereocenters. The van der Waals surface area contributed by atoms with E-state index < -0.39 is 0 Å². The lowest BCUT2D eigenvalue weighted by molar-refractivity contribution is 0.322. The van der Waals surface area contributed by atoms with Gasteiger partial charge in [-0.25, -0.2) is 0 Å². The van der Waals surface area contributed by atoms with Crippen LogP contribution in [-0.2, 0) is 0 Å². The number of azo groups is 1. The van der Waals surface area contributed by atoms with E-state index in [9.17, 15) is 0 Å². The van der Waals surface area contributed by atoms with E-state index in [4.69, 9.17) is 5.21 Å². The van der Waals surface area contributed by atoms with Crippen molar-refractivity contribution < 1.29 is 5.21 Å². The molecule has 0 fully saturated rings. The molecule has 2 rings (SSSR count). The van der Waals surface area contributed by atoms with Gasteiger partial charge in [-0.2, -0.15) is 5.10 Å². The molecule has 0 aliphatic rings. The van der Waals surface area contributed by atoms with E-state index in [1.54, 1.807) is 0 Å². The minimum Gasteiger partial charge on any atom is -0.411 e. The Morgan fingerprint density at radius 3 is 2.25 bits per heavy atom. The molecule has 0 saturated carbocycles. The Bertz CT molecular complexity index is 608. The second-order valence-electron chi connectivity index (χ2n) is 3.73. The molecule has 0 bridgehead atoms. The number of hydrazone groups is 1. The molecule has 20 heavy (non-hydrogen) atoms. The summed E-state index contributed by atoms with van der Waals surface area (Å²) in [6.07, 6.45) is 1.10. The molecule has 0 aliphatic heterocycles. The Kier molecular flexibility index (Phi) is 4.98. The summed E-state index contributed by atoms with van der Waals surface area (Å²) in [5.74, 6) is 0.153. The van der Waals surface area contributed by atoms with Crippen molar-refractivity contribution >= 4 is 23.4 Å². The largest absolute Gasteiger partial charge is 0.411 e. The van der Waals surface area contributed by atoms with Crippen LogP contribution in [0.5, 0.6) is 0 Å². The maximum Gasteiger partial charge on any atom is 0.215 e. The normalized spacial score (nSPS) is 12.1.